The number of carboxylic acids is 1. The van der Waals surface area contributed by atoms with Gasteiger partial charge in [0.1, 0.15) is 0 Å². The first-order valence-electron chi connectivity index (χ1n) is 6.33. The van der Waals surface area contributed by atoms with Crippen LogP contribution in [0.1, 0.15) is 24.8 Å². The van der Waals surface area contributed by atoms with Crippen molar-refractivity contribution >= 4 is 23.5 Å². The van der Waals surface area contributed by atoms with Crippen molar-refractivity contribution in [3.63, 3.8) is 0 Å². The molecule has 0 radical (unpaired) electrons. The van der Waals surface area contributed by atoms with Crippen molar-refractivity contribution in [3.05, 3.63) is 34.9 Å². The van der Waals surface area contributed by atoms with Crippen LogP contribution in [0.3, 0.4) is 0 Å². The lowest BCUT2D eigenvalue weighted by atomic mass is 10.0. The maximum absolute atomic E-state index is 12.0. The second-order valence-electron chi connectivity index (χ2n) is 5.37. The van der Waals surface area contributed by atoms with E-state index in [-0.39, 0.29) is 17.4 Å². The van der Waals surface area contributed by atoms with Gasteiger partial charge in [0.25, 0.3) is 0 Å². The molecule has 19 heavy (non-hydrogen) atoms. The summed E-state index contributed by atoms with van der Waals surface area (Å²) < 4.78 is 0. The second-order valence-corrected chi connectivity index (χ2v) is 5.80. The minimum absolute atomic E-state index is 0.139. The van der Waals surface area contributed by atoms with Crippen LogP contribution in [0.15, 0.2) is 24.3 Å². The van der Waals surface area contributed by atoms with E-state index in [0.29, 0.717) is 11.4 Å². The third-order valence-electron chi connectivity index (χ3n) is 3.95. The number of amides is 1. The predicted octanol–water partition coefficient (Wildman–Crippen LogP) is 2.17. The first-order valence-corrected chi connectivity index (χ1v) is 6.70. The summed E-state index contributed by atoms with van der Waals surface area (Å²) in [5, 5.41) is 12.5. The normalized spacial score (nSPS) is 26.6. The fraction of sp³-hybridized carbons (Fsp3) is 0.429. The van der Waals surface area contributed by atoms with Crippen LogP contribution in [0, 0.1) is 11.8 Å². The largest absolute Gasteiger partial charge is 0.481 e. The van der Waals surface area contributed by atoms with Gasteiger partial charge in [0.2, 0.25) is 5.91 Å². The van der Waals surface area contributed by atoms with Gasteiger partial charge in [-0.2, -0.15) is 0 Å². The Balaban J connectivity index is 1.68. The molecule has 0 bridgehead atoms. The van der Waals surface area contributed by atoms with Crippen molar-refractivity contribution in [1.82, 2.24) is 5.32 Å². The van der Waals surface area contributed by atoms with E-state index < -0.39 is 11.9 Å². The minimum atomic E-state index is -0.878. The fourth-order valence-corrected chi connectivity index (χ4v) is 2.59. The number of rotatable bonds is 4. The number of hydrogen-bond acceptors (Lipinski definition) is 2. The van der Waals surface area contributed by atoms with E-state index >= 15 is 0 Å². The van der Waals surface area contributed by atoms with Crippen molar-refractivity contribution < 1.29 is 14.7 Å². The molecule has 2 fully saturated rings. The minimum Gasteiger partial charge on any atom is -0.481 e. The van der Waals surface area contributed by atoms with Crippen molar-refractivity contribution in [2.24, 2.45) is 11.8 Å². The van der Waals surface area contributed by atoms with Gasteiger partial charge in [0, 0.05) is 5.02 Å². The monoisotopic (exact) mass is 279 g/mol. The van der Waals surface area contributed by atoms with Crippen molar-refractivity contribution in [3.8, 4) is 0 Å². The highest BCUT2D eigenvalue weighted by atomic mass is 35.5. The molecule has 0 aromatic heterocycles. The van der Waals surface area contributed by atoms with Crippen molar-refractivity contribution in [1.29, 1.82) is 0 Å². The first kappa shape index (κ1) is 12.5. The molecule has 100 valence electrons. The van der Waals surface area contributed by atoms with Gasteiger partial charge in [0.05, 0.1) is 17.4 Å². The summed E-state index contributed by atoms with van der Waals surface area (Å²) >= 11 is 5.85. The highest BCUT2D eigenvalue weighted by molar-refractivity contribution is 6.30. The molecule has 3 rings (SSSR count). The molecule has 2 atom stereocenters. The van der Waals surface area contributed by atoms with E-state index in [2.05, 4.69) is 5.32 Å². The topological polar surface area (TPSA) is 66.4 Å². The van der Waals surface area contributed by atoms with Gasteiger partial charge < -0.3 is 10.4 Å². The Hall–Kier alpha value is -1.55. The summed E-state index contributed by atoms with van der Waals surface area (Å²) in [6.45, 7) is 0. The smallest absolute Gasteiger partial charge is 0.307 e. The van der Waals surface area contributed by atoms with Crippen LogP contribution in [-0.4, -0.2) is 17.0 Å². The van der Waals surface area contributed by atoms with Gasteiger partial charge in [-0.25, -0.2) is 0 Å². The van der Waals surface area contributed by atoms with Gasteiger partial charge in [-0.3, -0.25) is 9.59 Å². The molecule has 0 unspecified atom stereocenters. The molecule has 0 heterocycles. The summed E-state index contributed by atoms with van der Waals surface area (Å²) in [7, 11) is 0. The van der Waals surface area contributed by atoms with Crippen molar-refractivity contribution in [2.45, 2.75) is 24.8 Å². The average Bonchev–Trinajstić information content (AvgIpc) is 3.24. The number of nitrogens with one attached hydrogen (secondary N) is 1. The molecule has 2 N–H and O–H groups in total. The Kier molecular flexibility index (Phi) is 2.78. The van der Waals surface area contributed by atoms with E-state index in [9.17, 15) is 9.59 Å². The molecule has 1 aromatic rings. The third-order valence-corrected chi connectivity index (χ3v) is 4.21. The summed E-state index contributed by atoms with van der Waals surface area (Å²) in [4.78, 5) is 22.8. The zero-order valence-corrected chi connectivity index (χ0v) is 11.0. The van der Waals surface area contributed by atoms with Crippen molar-refractivity contribution in [2.75, 3.05) is 0 Å². The van der Waals surface area contributed by atoms with E-state index in [1.54, 1.807) is 12.1 Å². The van der Waals surface area contributed by atoms with Gasteiger partial charge >= 0.3 is 5.97 Å². The molecule has 5 heteroatoms. The molecule has 2 saturated carbocycles. The number of benzene rings is 1. The highest BCUT2D eigenvalue weighted by Crippen LogP contribution is 2.47. The van der Waals surface area contributed by atoms with Gasteiger partial charge in [-0.15, -0.1) is 0 Å². The molecule has 2 aliphatic carbocycles. The summed E-state index contributed by atoms with van der Waals surface area (Å²) in [6, 6.07) is 7.44. The number of aliphatic carboxylic acids is 1. The van der Waals surface area contributed by atoms with E-state index in [1.165, 1.54) is 0 Å². The Morgan fingerprint density at radius 3 is 2.32 bits per heavy atom. The molecule has 0 aliphatic heterocycles. The number of carboxylic acid groups (broad SMARTS) is 1. The number of carbonyl (C=O) groups excluding carboxylic acids is 1. The molecule has 0 saturated heterocycles. The third kappa shape index (κ3) is 2.32. The fourth-order valence-electron chi connectivity index (χ4n) is 2.47. The highest BCUT2D eigenvalue weighted by Gasteiger charge is 2.53. The first-order chi connectivity index (χ1) is 9.02. The maximum atomic E-state index is 12.0. The van der Waals surface area contributed by atoms with Gasteiger partial charge in [-0.05, 0) is 37.0 Å². The Morgan fingerprint density at radius 1 is 1.21 bits per heavy atom. The van der Waals surface area contributed by atoms with Crippen LogP contribution in [0.4, 0.5) is 0 Å². The summed E-state index contributed by atoms with van der Waals surface area (Å²) in [5.74, 6) is -1.88. The Labute approximate surface area is 115 Å². The van der Waals surface area contributed by atoms with Crippen LogP contribution >= 0.6 is 11.6 Å². The van der Waals surface area contributed by atoms with Crippen LogP contribution in [-0.2, 0) is 15.1 Å². The quantitative estimate of drug-likeness (QED) is 0.888. The molecule has 1 aromatic carbocycles. The molecule has 4 nitrogen and oxygen atoms in total. The summed E-state index contributed by atoms with van der Waals surface area (Å²) in [5.41, 5.74) is 0.741. The van der Waals surface area contributed by atoms with Gasteiger partial charge in [-0.1, -0.05) is 23.7 Å². The molecule has 1 amide bonds. The lowest BCUT2D eigenvalue weighted by molar-refractivity contribution is -0.140. The van der Waals surface area contributed by atoms with E-state index in [0.717, 1.165) is 18.4 Å². The lowest BCUT2D eigenvalue weighted by Crippen LogP contribution is -2.36. The number of carbonyl (C=O) groups is 2. The van der Waals surface area contributed by atoms with Crippen LogP contribution in [0.5, 0.6) is 0 Å². The Bertz CT molecular complexity index is 536. The second kappa shape index (κ2) is 4.23. The molecule has 2 aliphatic rings. The molecule has 0 spiro atoms. The summed E-state index contributed by atoms with van der Waals surface area (Å²) in [6.07, 6.45) is 2.24. The average molecular weight is 280 g/mol. The lowest BCUT2D eigenvalue weighted by Gasteiger charge is -2.18. The number of hydrogen-bond donors (Lipinski definition) is 2. The zero-order chi connectivity index (χ0) is 13.6. The Morgan fingerprint density at radius 2 is 1.84 bits per heavy atom. The number of halogens is 1. The van der Waals surface area contributed by atoms with Crippen LogP contribution in [0.2, 0.25) is 5.02 Å². The molecular weight excluding hydrogens is 266 g/mol. The standard InChI is InChI=1S/C14H14ClNO3/c15-9-3-1-8(2-4-9)14(5-6-14)16-12(17)10-7-11(10)13(18)19/h1-4,10-11H,5-7H2,(H,16,17)(H,18,19)/t10-,11-/m0/s1. The predicted molar refractivity (Wildman–Crippen MR) is 69.7 cm³/mol. The van der Waals surface area contributed by atoms with Gasteiger partial charge in [0.15, 0.2) is 0 Å². The van der Waals surface area contributed by atoms with E-state index in [1.807, 2.05) is 12.1 Å². The van der Waals surface area contributed by atoms with E-state index in [4.69, 9.17) is 16.7 Å². The molecular formula is C14H14ClNO3. The van der Waals surface area contributed by atoms with Crippen LogP contribution in [0.25, 0.3) is 0 Å². The zero-order valence-electron chi connectivity index (χ0n) is 10.2. The van der Waals surface area contributed by atoms with Crippen LogP contribution < -0.4 is 5.32 Å². The maximum Gasteiger partial charge on any atom is 0.307 e. The SMILES string of the molecule is O=C(O)[C@H]1C[C@@H]1C(=O)NC1(c2ccc(Cl)cc2)CC1.